The molecule has 2 unspecified atom stereocenters. The zero-order valence-corrected chi connectivity index (χ0v) is 25.3. The minimum Gasteiger partial charge on any atom is -0.444 e. The number of carbonyl (C=O) groups is 3. The minimum atomic E-state index is -0.649. The third-order valence-electron chi connectivity index (χ3n) is 7.09. The maximum atomic E-state index is 13.5. The van der Waals surface area contributed by atoms with E-state index in [2.05, 4.69) is 42.8 Å². The van der Waals surface area contributed by atoms with Crippen LogP contribution in [0, 0.1) is 11.3 Å². The summed E-state index contributed by atoms with van der Waals surface area (Å²) in [5.74, 6) is 0.153. The lowest BCUT2D eigenvalue weighted by atomic mass is 9.71. The van der Waals surface area contributed by atoms with E-state index in [0.717, 1.165) is 40.7 Å². The van der Waals surface area contributed by atoms with Crippen LogP contribution in [0.4, 0.5) is 10.5 Å². The Balaban J connectivity index is 1.56. The second-order valence-corrected chi connectivity index (χ2v) is 13.7. The molecule has 2 aromatic heterocycles. The minimum absolute atomic E-state index is 0.107. The van der Waals surface area contributed by atoms with E-state index >= 15 is 0 Å². The Morgan fingerprint density at radius 2 is 1.85 bits per heavy atom. The number of alkyl carbamates (subject to hydrolysis) is 1. The number of nitrogens with zero attached hydrogens (tertiary/aromatic N) is 1. The molecule has 2 atom stereocenters. The number of carbonyl (C=O) groups excluding carboxylic acids is 3. The monoisotopic (exact) mass is 564 g/mol. The molecular formula is C31H40N4O4S. The van der Waals surface area contributed by atoms with Crippen molar-refractivity contribution in [2.45, 2.75) is 79.4 Å². The summed E-state index contributed by atoms with van der Waals surface area (Å²) in [7, 11) is 0. The Morgan fingerprint density at radius 3 is 2.52 bits per heavy atom. The maximum Gasteiger partial charge on any atom is 0.407 e. The Kier molecular flexibility index (Phi) is 8.54. The Labute approximate surface area is 240 Å². The van der Waals surface area contributed by atoms with Crippen LogP contribution in [0.3, 0.4) is 0 Å². The number of nitrogens with one attached hydrogen (secondary N) is 3. The van der Waals surface area contributed by atoms with Gasteiger partial charge in [0.15, 0.2) is 0 Å². The van der Waals surface area contributed by atoms with Crippen molar-refractivity contribution in [2.24, 2.45) is 11.3 Å². The summed E-state index contributed by atoms with van der Waals surface area (Å²) < 4.78 is 5.38. The number of ether oxygens (including phenoxy) is 1. The molecule has 2 heterocycles. The summed E-state index contributed by atoms with van der Waals surface area (Å²) in [5.41, 5.74) is 3.34. The van der Waals surface area contributed by atoms with Gasteiger partial charge in [-0.1, -0.05) is 32.9 Å². The molecule has 0 spiro atoms. The summed E-state index contributed by atoms with van der Waals surface area (Å²) in [6.45, 7) is 13.8. The number of hydrogen-bond acceptors (Lipinski definition) is 6. The fraction of sp³-hybridized carbons (Fsp3) is 0.484. The Morgan fingerprint density at radius 1 is 1.10 bits per heavy atom. The van der Waals surface area contributed by atoms with Gasteiger partial charge in [-0.15, -0.1) is 11.3 Å². The van der Waals surface area contributed by atoms with E-state index in [9.17, 15) is 14.4 Å². The fourth-order valence-electron chi connectivity index (χ4n) is 4.99. The first kappa shape index (κ1) is 29.5. The van der Waals surface area contributed by atoms with E-state index in [1.165, 1.54) is 23.8 Å². The van der Waals surface area contributed by atoms with E-state index in [-0.39, 0.29) is 23.8 Å². The zero-order chi connectivity index (χ0) is 29.2. The summed E-state index contributed by atoms with van der Waals surface area (Å²) >= 11 is 1.37. The Hall–Kier alpha value is -3.46. The molecule has 3 N–H and O–H groups in total. The Bertz CT molecular complexity index is 1420. The van der Waals surface area contributed by atoms with Crippen LogP contribution in [0.15, 0.2) is 36.4 Å². The van der Waals surface area contributed by atoms with Gasteiger partial charge in [0.2, 0.25) is 5.91 Å². The number of rotatable bonds is 6. The average Bonchev–Trinajstić information content (AvgIpc) is 3.25. The number of pyridine rings is 1. The number of aromatic nitrogens is 1. The van der Waals surface area contributed by atoms with Crippen LogP contribution in [0.1, 0.15) is 87.4 Å². The van der Waals surface area contributed by atoms with Gasteiger partial charge in [0.25, 0.3) is 5.91 Å². The summed E-state index contributed by atoms with van der Waals surface area (Å²) in [6, 6.07) is 10.7. The number of aryl methyl sites for hydroxylation is 1. The lowest BCUT2D eigenvalue weighted by molar-refractivity contribution is -0.114. The highest BCUT2D eigenvalue weighted by Crippen LogP contribution is 2.38. The van der Waals surface area contributed by atoms with E-state index in [1.54, 1.807) is 39.0 Å². The summed E-state index contributed by atoms with van der Waals surface area (Å²) in [6.07, 6.45) is 2.50. The highest BCUT2D eigenvalue weighted by atomic mass is 32.1. The topological polar surface area (TPSA) is 109 Å². The van der Waals surface area contributed by atoms with Crippen LogP contribution in [0.2, 0.25) is 0 Å². The van der Waals surface area contributed by atoms with Gasteiger partial charge in [0.1, 0.15) is 10.4 Å². The second-order valence-electron chi connectivity index (χ2n) is 12.6. The molecule has 3 amide bonds. The van der Waals surface area contributed by atoms with Crippen molar-refractivity contribution in [1.29, 1.82) is 0 Å². The van der Waals surface area contributed by atoms with Crippen LogP contribution in [0.5, 0.6) is 0 Å². The largest absolute Gasteiger partial charge is 0.444 e. The van der Waals surface area contributed by atoms with E-state index in [1.807, 2.05) is 12.1 Å². The lowest BCUT2D eigenvalue weighted by Gasteiger charge is -2.34. The summed E-state index contributed by atoms with van der Waals surface area (Å²) in [4.78, 5) is 43.8. The van der Waals surface area contributed by atoms with Crippen molar-refractivity contribution in [2.75, 3.05) is 11.9 Å². The predicted octanol–water partition coefficient (Wildman–Crippen LogP) is 6.40. The number of amides is 3. The molecule has 40 heavy (non-hydrogen) atoms. The van der Waals surface area contributed by atoms with Gasteiger partial charge in [-0.05, 0) is 86.8 Å². The highest BCUT2D eigenvalue weighted by molar-refractivity contribution is 7.20. The smallest absolute Gasteiger partial charge is 0.407 e. The molecule has 0 aliphatic heterocycles. The molecule has 0 saturated carbocycles. The molecule has 214 valence electrons. The van der Waals surface area contributed by atoms with Crippen LogP contribution in [0.25, 0.3) is 10.2 Å². The quantitative estimate of drug-likeness (QED) is 0.321. The molecule has 8 nitrogen and oxygen atoms in total. The van der Waals surface area contributed by atoms with Crippen molar-refractivity contribution in [3.63, 3.8) is 0 Å². The van der Waals surface area contributed by atoms with E-state index in [0.29, 0.717) is 16.5 Å². The van der Waals surface area contributed by atoms with Gasteiger partial charge in [0, 0.05) is 30.2 Å². The lowest BCUT2D eigenvalue weighted by Crippen LogP contribution is -2.40. The number of fused-ring (bicyclic) bond motifs is 2. The normalized spacial score (nSPS) is 16.1. The van der Waals surface area contributed by atoms with Gasteiger partial charge in [-0.25, -0.2) is 9.78 Å². The fourth-order valence-corrected chi connectivity index (χ4v) is 5.93. The van der Waals surface area contributed by atoms with Crippen LogP contribution in [-0.2, 0) is 22.4 Å². The first-order valence-corrected chi connectivity index (χ1v) is 14.6. The molecule has 9 heteroatoms. The van der Waals surface area contributed by atoms with Crippen LogP contribution in [-0.4, -0.2) is 35.0 Å². The molecular weight excluding hydrogens is 524 g/mol. The van der Waals surface area contributed by atoms with Gasteiger partial charge in [-0.3, -0.25) is 9.59 Å². The SMILES string of the molecule is CC(=O)Nc1cccc(C(CNC(=O)OC(C)(C)C)NC(=O)c2cc3cc4c(nc3s2)CCC(C(C)(C)C)C4)c1. The molecule has 4 rings (SSSR count). The van der Waals surface area contributed by atoms with Crippen LogP contribution < -0.4 is 16.0 Å². The van der Waals surface area contributed by atoms with Crippen molar-refractivity contribution < 1.29 is 19.1 Å². The van der Waals surface area contributed by atoms with Crippen molar-refractivity contribution >= 4 is 45.1 Å². The van der Waals surface area contributed by atoms with E-state index in [4.69, 9.17) is 9.72 Å². The summed E-state index contributed by atoms with van der Waals surface area (Å²) in [5, 5.41) is 9.57. The third-order valence-corrected chi connectivity index (χ3v) is 8.13. The van der Waals surface area contributed by atoms with Crippen molar-refractivity contribution in [3.8, 4) is 0 Å². The van der Waals surface area contributed by atoms with Crippen LogP contribution >= 0.6 is 11.3 Å². The van der Waals surface area contributed by atoms with Crippen molar-refractivity contribution in [3.05, 3.63) is 58.1 Å². The number of hydrogen-bond donors (Lipinski definition) is 3. The van der Waals surface area contributed by atoms with Crippen molar-refractivity contribution in [1.82, 2.24) is 15.6 Å². The molecule has 0 saturated heterocycles. The van der Waals surface area contributed by atoms with Gasteiger partial charge >= 0.3 is 6.09 Å². The first-order valence-electron chi connectivity index (χ1n) is 13.8. The van der Waals surface area contributed by atoms with Gasteiger partial charge < -0.3 is 20.7 Å². The zero-order valence-electron chi connectivity index (χ0n) is 24.4. The molecule has 3 aromatic rings. The van der Waals surface area contributed by atoms with Gasteiger partial charge in [0.05, 0.1) is 10.9 Å². The molecule has 0 bridgehead atoms. The maximum absolute atomic E-state index is 13.5. The van der Waals surface area contributed by atoms with E-state index < -0.39 is 17.7 Å². The third kappa shape index (κ3) is 7.59. The molecule has 0 radical (unpaired) electrons. The predicted molar refractivity (Wildman–Crippen MR) is 160 cm³/mol. The molecule has 0 fully saturated rings. The molecule has 1 aliphatic rings. The highest BCUT2D eigenvalue weighted by Gasteiger charge is 2.30. The second kappa shape index (κ2) is 11.6. The standard InChI is InChI=1S/C31H40N4O4S/c1-18(36)33-23-10-8-9-19(15-23)25(17-32-29(38)39-31(5,6)7)34-27(37)26-16-21-13-20-14-22(30(2,3)4)11-12-24(20)35-28(21)40-26/h8-10,13,15-16,22,25H,11-12,14,17H2,1-7H3,(H,32,38)(H,33,36)(H,34,37). The van der Waals surface area contributed by atoms with Gasteiger partial charge in [-0.2, -0.15) is 0 Å². The number of benzene rings is 1. The molecule has 1 aromatic carbocycles. The number of thiophene rings is 1. The number of anilines is 1. The average molecular weight is 565 g/mol. The first-order chi connectivity index (χ1) is 18.7. The molecule has 1 aliphatic carbocycles.